The maximum atomic E-state index is 13.1. The summed E-state index contributed by atoms with van der Waals surface area (Å²) in [6.07, 6.45) is 5.45. The van der Waals surface area contributed by atoms with Crippen LogP contribution in [0.2, 0.25) is 5.02 Å². The Kier molecular flexibility index (Phi) is 3.91. The molecule has 2 aliphatic rings. The Balaban J connectivity index is 1.69. The largest absolute Gasteiger partial charge is 0.325 e. The van der Waals surface area contributed by atoms with Crippen LogP contribution in [-0.4, -0.2) is 27.4 Å². The lowest BCUT2D eigenvalue weighted by atomic mass is 9.73. The molecule has 2 heterocycles. The third-order valence-electron chi connectivity index (χ3n) is 5.63. The van der Waals surface area contributed by atoms with Gasteiger partial charge < -0.3 is 5.32 Å². The molecule has 130 valence electrons. The Morgan fingerprint density at radius 3 is 2.96 bits per heavy atom. The summed E-state index contributed by atoms with van der Waals surface area (Å²) in [4.78, 5) is 31.4. The van der Waals surface area contributed by atoms with Gasteiger partial charge in [0.25, 0.3) is 5.91 Å². The number of hydrogen-bond acceptors (Lipinski definition) is 3. The molecule has 2 fully saturated rings. The quantitative estimate of drug-likeness (QED) is 0.829. The second kappa shape index (κ2) is 5.99. The molecule has 1 saturated carbocycles. The lowest BCUT2D eigenvalue weighted by molar-refractivity contribution is -0.134. The fraction of sp³-hybridized carbons (Fsp3) is 0.421. The predicted octanol–water partition coefficient (Wildman–Crippen LogP) is 3.89. The summed E-state index contributed by atoms with van der Waals surface area (Å²) >= 11 is 6.24. The van der Waals surface area contributed by atoms with E-state index in [2.05, 4.69) is 17.2 Å². The molecular weight excluding hydrogens is 338 g/mol. The maximum Gasteiger partial charge on any atom is 0.325 e. The summed E-state index contributed by atoms with van der Waals surface area (Å²) < 4.78 is 0. The van der Waals surface area contributed by atoms with E-state index >= 15 is 0 Å². The van der Waals surface area contributed by atoms with Crippen LogP contribution in [0.15, 0.2) is 30.5 Å². The molecule has 1 N–H and O–H groups in total. The molecule has 1 aliphatic heterocycles. The van der Waals surface area contributed by atoms with E-state index in [0.29, 0.717) is 5.02 Å². The van der Waals surface area contributed by atoms with Gasteiger partial charge >= 0.3 is 6.03 Å². The van der Waals surface area contributed by atoms with Crippen LogP contribution in [0.3, 0.4) is 0 Å². The van der Waals surface area contributed by atoms with Gasteiger partial charge in [-0.15, -0.1) is 0 Å². The van der Waals surface area contributed by atoms with Crippen LogP contribution in [-0.2, 0) is 11.3 Å². The zero-order valence-corrected chi connectivity index (χ0v) is 14.8. The minimum atomic E-state index is -0.731. The lowest BCUT2D eigenvalue weighted by Gasteiger charge is -2.36. The second-order valence-corrected chi connectivity index (χ2v) is 7.45. The Labute approximate surface area is 151 Å². The minimum absolute atomic E-state index is 0.108. The van der Waals surface area contributed by atoms with Crippen LogP contribution in [0, 0.1) is 5.92 Å². The number of aromatic nitrogens is 1. The Hall–Kier alpha value is -2.14. The van der Waals surface area contributed by atoms with Crippen molar-refractivity contribution in [2.75, 3.05) is 0 Å². The van der Waals surface area contributed by atoms with Crippen LogP contribution in [0.1, 0.15) is 38.2 Å². The predicted molar refractivity (Wildman–Crippen MR) is 96.2 cm³/mol. The number of fused-ring (bicyclic) bond motifs is 1. The summed E-state index contributed by atoms with van der Waals surface area (Å²) in [6.45, 7) is 2.27. The van der Waals surface area contributed by atoms with E-state index in [9.17, 15) is 9.59 Å². The highest BCUT2D eigenvalue weighted by Crippen LogP contribution is 2.39. The first-order valence-electron chi connectivity index (χ1n) is 8.69. The Bertz CT molecular complexity index is 869. The number of hydrogen-bond donors (Lipinski definition) is 1. The first-order chi connectivity index (χ1) is 12.0. The highest BCUT2D eigenvalue weighted by molar-refractivity contribution is 6.35. The second-order valence-electron chi connectivity index (χ2n) is 7.05. The van der Waals surface area contributed by atoms with Crippen molar-refractivity contribution in [3.05, 3.63) is 41.0 Å². The van der Waals surface area contributed by atoms with Crippen molar-refractivity contribution in [2.24, 2.45) is 5.92 Å². The number of imide groups is 1. The van der Waals surface area contributed by atoms with Crippen molar-refractivity contribution in [3.63, 3.8) is 0 Å². The summed E-state index contributed by atoms with van der Waals surface area (Å²) in [7, 11) is 0. The molecule has 1 aromatic carbocycles. The maximum absolute atomic E-state index is 13.1. The number of nitrogens with zero attached hydrogens (tertiary/aromatic N) is 2. The molecule has 1 aliphatic carbocycles. The van der Waals surface area contributed by atoms with Gasteiger partial charge in [-0.3, -0.25) is 14.7 Å². The average Bonchev–Trinajstić information content (AvgIpc) is 2.85. The van der Waals surface area contributed by atoms with Crippen LogP contribution in [0.4, 0.5) is 4.79 Å². The summed E-state index contributed by atoms with van der Waals surface area (Å²) in [5.74, 6) is 0.0477. The molecule has 0 unspecified atom stereocenters. The van der Waals surface area contributed by atoms with Gasteiger partial charge in [-0.25, -0.2) is 4.79 Å². The number of carbonyl (C=O) groups is 2. The zero-order chi connectivity index (χ0) is 17.6. The van der Waals surface area contributed by atoms with Crippen molar-refractivity contribution >= 4 is 34.4 Å². The smallest absolute Gasteiger partial charge is 0.323 e. The molecule has 3 amide bonds. The molecule has 5 nitrogen and oxygen atoms in total. The number of rotatable bonds is 2. The number of amides is 3. The van der Waals surface area contributed by atoms with E-state index in [1.165, 1.54) is 4.90 Å². The Morgan fingerprint density at radius 2 is 2.16 bits per heavy atom. The van der Waals surface area contributed by atoms with Crippen LogP contribution >= 0.6 is 11.6 Å². The molecule has 4 rings (SSSR count). The first-order valence-corrected chi connectivity index (χ1v) is 9.07. The van der Waals surface area contributed by atoms with Gasteiger partial charge in [0.15, 0.2) is 0 Å². The number of carbonyl (C=O) groups excluding carboxylic acids is 2. The van der Waals surface area contributed by atoms with Gasteiger partial charge in [0.2, 0.25) is 0 Å². The molecule has 1 saturated heterocycles. The monoisotopic (exact) mass is 357 g/mol. The minimum Gasteiger partial charge on any atom is -0.323 e. The molecule has 1 spiro atoms. The SMILES string of the molecule is C[C@H]1CCCC[C@@]12NC(=O)N(Cc1ccc(Cl)c3cccnc13)C2=O. The fourth-order valence-electron chi connectivity index (χ4n) is 4.13. The van der Waals surface area contributed by atoms with Crippen molar-refractivity contribution in [2.45, 2.75) is 44.7 Å². The van der Waals surface area contributed by atoms with E-state index in [1.54, 1.807) is 12.3 Å². The summed E-state index contributed by atoms with van der Waals surface area (Å²) in [5, 5.41) is 4.43. The molecular formula is C19H20ClN3O2. The van der Waals surface area contributed by atoms with Gasteiger partial charge in [-0.05, 0) is 42.5 Å². The van der Waals surface area contributed by atoms with Crippen LogP contribution in [0.25, 0.3) is 10.9 Å². The van der Waals surface area contributed by atoms with Crippen molar-refractivity contribution in [1.82, 2.24) is 15.2 Å². The molecule has 0 radical (unpaired) electrons. The van der Waals surface area contributed by atoms with E-state index in [4.69, 9.17) is 11.6 Å². The first kappa shape index (κ1) is 16.3. The third kappa shape index (κ3) is 2.49. The topological polar surface area (TPSA) is 62.3 Å². The number of urea groups is 1. The Morgan fingerprint density at radius 1 is 1.32 bits per heavy atom. The van der Waals surface area contributed by atoms with Crippen molar-refractivity contribution in [3.8, 4) is 0 Å². The van der Waals surface area contributed by atoms with E-state index < -0.39 is 5.54 Å². The highest BCUT2D eigenvalue weighted by Gasteiger charge is 2.54. The molecule has 6 heteroatoms. The van der Waals surface area contributed by atoms with E-state index in [-0.39, 0.29) is 24.4 Å². The highest BCUT2D eigenvalue weighted by atomic mass is 35.5. The third-order valence-corrected chi connectivity index (χ3v) is 5.96. The molecule has 2 aromatic rings. The van der Waals surface area contributed by atoms with Gasteiger partial charge in [-0.2, -0.15) is 0 Å². The number of benzene rings is 1. The number of halogens is 1. The van der Waals surface area contributed by atoms with Crippen molar-refractivity contribution in [1.29, 1.82) is 0 Å². The van der Waals surface area contributed by atoms with E-state index in [0.717, 1.165) is 42.1 Å². The van der Waals surface area contributed by atoms with E-state index in [1.807, 2.05) is 18.2 Å². The number of pyridine rings is 1. The van der Waals surface area contributed by atoms with Crippen LogP contribution in [0.5, 0.6) is 0 Å². The normalized spacial score (nSPS) is 26.5. The number of nitrogens with one attached hydrogen (secondary N) is 1. The van der Waals surface area contributed by atoms with Crippen LogP contribution < -0.4 is 5.32 Å². The average molecular weight is 358 g/mol. The lowest BCUT2D eigenvalue weighted by Crippen LogP contribution is -2.53. The molecule has 25 heavy (non-hydrogen) atoms. The molecule has 0 bridgehead atoms. The fourth-order valence-corrected chi connectivity index (χ4v) is 4.35. The standard InChI is InChI=1S/C19H20ClN3O2/c1-12-5-2-3-9-19(12)17(24)23(18(25)22-19)11-13-7-8-15(20)14-6-4-10-21-16(13)14/h4,6-8,10,12H,2-3,5,9,11H2,1H3,(H,22,25)/t12-,19+/m0/s1. The summed E-state index contributed by atoms with van der Waals surface area (Å²) in [6, 6.07) is 7.04. The van der Waals surface area contributed by atoms with Gasteiger partial charge in [0.1, 0.15) is 5.54 Å². The van der Waals surface area contributed by atoms with Gasteiger partial charge in [0, 0.05) is 16.6 Å². The van der Waals surface area contributed by atoms with Gasteiger partial charge in [-0.1, -0.05) is 37.4 Å². The van der Waals surface area contributed by atoms with Gasteiger partial charge in [0.05, 0.1) is 12.1 Å². The van der Waals surface area contributed by atoms with Crippen molar-refractivity contribution < 1.29 is 9.59 Å². The molecule has 1 aromatic heterocycles. The zero-order valence-electron chi connectivity index (χ0n) is 14.1. The summed E-state index contributed by atoms with van der Waals surface area (Å²) in [5.41, 5.74) is 0.822. The molecule has 2 atom stereocenters.